The van der Waals surface area contributed by atoms with E-state index in [0.29, 0.717) is 12.2 Å². The molecule has 0 fully saturated rings. The molecular formula is C33H31N3O10. The molecule has 238 valence electrons. The molecule has 6 rings (SSSR count). The molecule has 0 spiro atoms. The third kappa shape index (κ3) is 5.70. The number of fused-ring (bicyclic) bond motifs is 5. The summed E-state index contributed by atoms with van der Waals surface area (Å²) in [6, 6.07) is 13.7. The van der Waals surface area contributed by atoms with E-state index in [1.54, 1.807) is 17.6 Å². The lowest BCUT2D eigenvalue weighted by Crippen LogP contribution is -2.48. The van der Waals surface area contributed by atoms with Gasteiger partial charge in [-0.2, -0.15) is 0 Å². The van der Waals surface area contributed by atoms with Crippen LogP contribution in [-0.2, 0) is 61.7 Å². The highest BCUT2D eigenvalue weighted by Gasteiger charge is 2.50. The van der Waals surface area contributed by atoms with Crippen molar-refractivity contribution in [3.05, 3.63) is 81.7 Å². The van der Waals surface area contributed by atoms with Crippen LogP contribution in [-0.4, -0.2) is 78.6 Å². The molecule has 13 heteroatoms. The molecule has 0 radical (unpaired) electrons. The van der Waals surface area contributed by atoms with Gasteiger partial charge in [0.2, 0.25) is 11.5 Å². The molecule has 46 heavy (non-hydrogen) atoms. The van der Waals surface area contributed by atoms with E-state index in [1.165, 1.54) is 12.2 Å². The van der Waals surface area contributed by atoms with Gasteiger partial charge in [0.05, 0.1) is 44.2 Å². The van der Waals surface area contributed by atoms with Crippen molar-refractivity contribution in [2.75, 3.05) is 39.5 Å². The van der Waals surface area contributed by atoms with Gasteiger partial charge in [-0.3, -0.25) is 28.9 Å². The monoisotopic (exact) mass is 629 g/mol. The smallest absolute Gasteiger partial charge is 0.355 e. The van der Waals surface area contributed by atoms with E-state index < -0.39 is 41.8 Å². The molecule has 3 amide bonds. The number of imide groups is 1. The molecule has 3 aliphatic rings. The fraction of sp³-hybridized carbons (Fsp3) is 0.333. The van der Waals surface area contributed by atoms with Crippen molar-refractivity contribution in [3.8, 4) is 11.3 Å². The number of cyclic esters (lactones) is 1. The highest BCUT2D eigenvalue weighted by Crippen LogP contribution is 2.41. The van der Waals surface area contributed by atoms with Crippen LogP contribution in [0.1, 0.15) is 30.0 Å². The number of carbonyl (C=O) groups is 5. The van der Waals surface area contributed by atoms with Crippen LogP contribution in [0.3, 0.4) is 0 Å². The van der Waals surface area contributed by atoms with Crippen LogP contribution in [0.2, 0.25) is 0 Å². The van der Waals surface area contributed by atoms with Crippen molar-refractivity contribution in [3.63, 3.8) is 0 Å². The Morgan fingerprint density at radius 3 is 2.41 bits per heavy atom. The lowest BCUT2D eigenvalue weighted by atomic mass is 9.85. The second-order valence-corrected chi connectivity index (χ2v) is 11.0. The van der Waals surface area contributed by atoms with E-state index in [-0.39, 0.29) is 62.7 Å². The number of hydrogen-bond donors (Lipinski definition) is 1. The second-order valence-electron chi connectivity index (χ2n) is 11.0. The first kappa shape index (κ1) is 30.9. The molecule has 13 nitrogen and oxygen atoms in total. The number of esters is 2. The standard InChI is InChI=1S/C33H31N3O10/c1-2-33(46-30(40)16-34-27(37)19-44-12-11-43-10-9-35-28(38)7-8-29(35)39)25-15-26-23-14-21-6-4-3-5-20(21)13-22(23)17-36(26)31(41)24(25)18-45-32(33)42/h3-8,13-15H,2,9-12,16-19H2,1H3,(H,34,37)/t33-/m0/s1. The van der Waals surface area contributed by atoms with Gasteiger partial charge in [-0.1, -0.05) is 31.2 Å². The van der Waals surface area contributed by atoms with Gasteiger partial charge in [0.25, 0.3) is 17.4 Å². The zero-order valence-electron chi connectivity index (χ0n) is 25.0. The zero-order chi connectivity index (χ0) is 32.4. The number of pyridine rings is 1. The summed E-state index contributed by atoms with van der Waals surface area (Å²) in [7, 11) is 0. The average molecular weight is 630 g/mol. The Bertz CT molecular complexity index is 1840. The van der Waals surface area contributed by atoms with E-state index in [9.17, 15) is 28.8 Å². The van der Waals surface area contributed by atoms with Crippen LogP contribution in [0.5, 0.6) is 0 Å². The van der Waals surface area contributed by atoms with Gasteiger partial charge in [-0.05, 0) is 41.0 Å². The Balaban J connectivity index is 1.06. The minimum absolute atomic E-state index is 0.00565. The van der Waals surface area contributed by atoms with Crippen molar-refractivity contribution < 1.29 is 42.9 Å². The molecule has 2 aromatic carbocycles. The maximum absolute atomic E-state index is 13.7. The average Bonchev–Trinajstić information content (AvgIpc) is 3.57. The van der Waals surface area contributed by atoms with Crippen molar-refractivity contribution >= 4 is 40.4 Å². The van der Waals surface area contributed by atoms with Gasteiger partial charge >= 0.3 is 11.9 Å². The van der Waals surface area contributed by atoms with Gasteiger partial charge in [-0.15, -0.1) is 0 Å². The Morgan fingerprint density at radius 2 is 1.67 bits per heavy atom. The fourth-order valence-corrected chi connectivity index (χ4v) is 5.91. The first-order chi connectivity index (χ1) is 22.2. The van der Waals surface area contributed by atoms with Gasteiger partial charge in [0.15, 0.2) is 0 Å². The normalized spacial score (nSPS) is 17.9. The van der Waals surface area contributed by atoms with E-state index in [0.717, 1.165) is 26.8 Å². The molecule has 1 atom stereocenters. The number of carbonyl (C=O) groups excluding carboxylic acids is 5. The molecule has 0 aliphatic carbocycles. The lowest BCUT2D eigenvalue weighted by molar-refractivity contribution is -0.189. The highest BCUT2D eigenvalue weighted by atomic mass is 16.6. The number of amides is 3. The topological polar surface area (TPSA) is 160 Å². The van der Waals surface area contributed by atoms with Crippen LogP contribution in [0.25, 0.3) is 22.0 Å². The SMILES string of the molecule is CC[C@@]1(OC(=O)CNC(=O)COCCOCCN2C(=O)C=CC2=O)C(=O)OCc2c1cc1n(c2=O)Cc2cc3ccccc3cc2-1. The van der Waals surface area contributed by atoms with Crippen LogP contribution in [0, 0.1) is 0 Å². The second kappa shape index (κ2) is 12.7. The largest absolute Gasteiger partial charge is 0.457 e. The molecule has 0 bridgehead atoms. The number of aromatic nitrogens is 1. The van der Waals surface area contributed by atoms with Crippen LogP contribution < -0.4 is 10.9 Å². The summed E-state index contributed by atoms with van der Waals surface area (Å²) in [5, 5.41) is 4.45. The molecule has 0 saturated heterocycles. The summed E-state index contributed by atoms with van der Waals surface area (Å²) >= 11 is 0. The van der Waals surface area contributed by atoms with Gasteiger partial charge in [0, 0.05) is 23.3 Å². The minimum atomic E-state index is -1.86. The Labute approximate surface area is 262 Å². The first-order valence-electron chi connectivity index (χ1n) is 14.9. The predicted molar refractivity (Wildman–Crippen MR) is 161 cm³/mol. The van der Waals surface area contributed by atoms with E-state index in [2.05, 4.69) is 5.32 Å². The molecule has 0 unspecified atom stereocenters. The quantitative estimate of drug-likeness (QED) is 0.138. The fourth-order valence-electron chi connectivity index (χ4n) is 5.91. The number of ether oxygens (including phenoxy) is 4. The van der Waals surface area contributed by atoms with Crippen LogP contribution in [0.15, 0.2) is 59.4 Å². The summed E-state index contributed by atoms with van der Waals surface area (Å²) in [4.78, 5) is 76.2. The summed E-state index contributed by atoms with van der Waals surface area (Å²) in [5.74, 6) is -3.08. The van der Waals surface area contributed by atoms with Crippen LogP contribution >= 0.6 is 0 Å². The molecule has 3 aliphatic heterocycles. The summed E-state index contributed by atoms with van der Waals surface area (Å²) in [5.41, 5.74) is 0.787. The molecule has 1 N–H and O–H groups in total. The summed E-state index contributed by atoms with van der Waals surface area (Å²) in [6.07, 6.45) is 2.38. The zero-order valence-corrected chi connectivity index (χ0v) is 25.0. The number of nitrogens with one attached hydrogen (secondary N) is 1. The minimum Gasteiger partial charge on any atom is -0.457 e. The van der Waals surface area contributed by atoms with Crippen molar-refractivity contribution in [1.82, 2.24) is 14.8 Å². The molecule has 3 aromatic rings. The number of rotatable bonds is 12. The highest BCUT2D eigenvalue weighted by molar-refractivity contribution is 6.12. The summed E-state index contributed by atoms with van der Waals surface area (Å²) in [6.45, 7) is 1.25. The first-order valence-corrected chi connectivity index (χ1v) is 14.9. The number of hydrogen-bond acceptors (Lipinski definition) is 10. The molecule has 0 saturated carbocycles. The third-order valence-electron chi connectivity index (χ3n) is 8.27. The Kier molecular flexibility index (Phi) is 8.52. The van der Waals surface area contributed by atoms with E-state index >= 15 is 0 Å². The van der Waals surface area contributed by atoms with Crippen molar-refractivity contribution in [2.45, 2.75) is 32.1 Å². The van der Waals surface area contributed by atoms with Gasteiger partial charge in [-0.25, -0.2) is 4.79 Å². The number of benzene rings is 2. The lowest BCUT2D eigenvalue weighted by Gasteiger charge is -2.35. The third-order valence-corrected chi connectivity index (χ3v) is 8.27. The molecule has 1 aromatic heterocycles. The van der Waals surface area contributed by atoms with Gasteiger partial charge < -0.3 is 28.8 Å². The molecule has 4 heterocycles. The molecular weight excluding hydrogens is 598 g/mol. The maximum atomic E-state index is 13.7. The van der Waals surface area contributed by atoms with Crippen molar-refractivity contribution in [1.29, 1.82) is 0 Å². The van der Waals surface area contributed by atoms with Crippen LogP contribution in [0.4, 0.5) is 0 Å². The van der Waals surface area contributed by atoms with E-state index in [1.807, 2.05) is 36.4 Å². The Hall–Kier alpha value is -5.14. The maximum Gasteiger partial charge on any atom is 0.355 e. The van der Waals surface area contributed by atoms with Crippen molar-refractivity contribution in [2.24, 2.45) is 0 Å². The van der Waals surface area contributed by atoms with Gasteiger partial charge in [0.1, 0.15) is 19.8 Å². The Morgan fingerprint density at radius 1 is 0.957 bits per heavy atom. The van der Waals surface area contributed by atoms with E-state index in [4.69, 9.17) is 18.9 Å². The predicted octanol–water partition coefficient (Wildman–Crippen LogP) is 1.31. The summed E-state index contributed by atoms with van der Waals surface area (Å²) < 4.78 is 23.3. The number of nitrogens with zero attached hydrogens (tertiary/aromatic N) is 2.